The van der Waals surface area contributed by atoms with Crippen molar-refractivity contribution in [2.24, 2.45) is 0 Å². The Morgan fingerprint density at radius 2 is 1.67 bits per heavy atom. The average Bonchev–Trinajstić information content (AvgIpc) is 3.10. The van der Waals surface area contributed by atoms with E-state index in [9.17, 15) is 13.2 Å². The van der Waals surface area contributed by atoms with E-state index in [1.807, 2.05) is 6.07 Å². The first-order chi connectivity index (χ1) is 11.6. The predicted octanol–water partition coefficient (Wildman–Crippen LogP) is 2.27. The molecule has 2 aromatic rings. The SMILES string of the molecule is O=C(NC[C@@H]1CCCN1S(=O)(=O)c1ccccc1)c1ccccc1. The van der Waals surface area contributed by atoms with E-state index < -0.39 is 10.0 Å². The maximum atomic E-state index is 12.8. The number of benzene rings is 2. The van der Waals surface area contributed by atoms with Gasteiger partial charge in [0.25, 0.3) is 5.91 Å². The van der Waals surface area contributed by atoms with Crippen molar-refractivity contribution < 1.29 is 13.2 Å². The van der Waals surface area contributed by atoms with Crippen LogP contribution in [0.1, 0.15) is 23.2 Å². The van der Waals surface area contributed by atoms with E-state index >= 15 is 0 Å². The van der Waals surface area contributed by atoms with Gasteiger partial charge in [0.2, 0.25) is 10.0 Å². The van der Waals surface area contributed by atoms with Crippen LogP contribution < -0.4 is 5.32 Å². The summed E-state index contributed by atoms with van der Waals surface area (Å²) in [7, 11) is -3.52. The third-order valence-corrected chi connectivity index (χ3v) is 6.17. The van der Waals surface area contributed by atoms with Crippen molar-refractivity contribution in [1.82, 2.24) is 9.62 Å². The smallest absolute Gasteiger partial charge is 0.251 e. The lowest BCUT2D eigenvalue weighted by molar-refractivity contribution is 0.0946. The first-order valence-corrected chi connectivity index (χ1v) is 9.43. The number of carbonyl (C=O) groups excluding carboxylic acids is 1. The molecule has 1 saturated heterocycles. The second-order valence-corrected chi connectivity index (χ2v) is 7.69. The van der Waals surface area contributed by atoms with Crippen molar-refractivity contribution in [3.05, 3.63) is 66.2 Å². The molecule has 0 bridgehead atoms. The lowest BCUT2D eigenvalue weighted by Gasteiger charge is -2.24. The van der Waals surface area contributed by atoms with Crippen LogP contribution in [0.5, 0.6) is 0 Å². The molecule has 2 aromatic carbocycles. The van der Waals surface area contributed by atoms with E-state index in [4.69, 9.17) is 0 Å². The Kier molecular flexibility index (Phi) is 4.97. The van der Waals surface area contributed by atoms with Gasteiger partial charge in [0.1, 0.15) is 0 Å². The quantitative estimate of drug-likeness (QED) is 0.905. The minimum absolute atomic E-state index is 0.181. The number of nitrogens with zero attached hydrogens (tertiary/aromatic N) is 1. The average molecular weight is 344 g/mol. The fourth-order valence-corrected chi connectivity index (χ4v) is 4.67. The van der Waals surface area contributed by atoms with Crippen molar-refractivity contribution in [2.75, 3.05) is 13.1 Å². The fraction of sp³-hybridized carbons (Fsp3) is 0.278. The summed E-state index contributed by atoms with van der Waals surface area (Å²) in [6, 6.07) is 17.2. The summed E-state index contributed by atoms with van der Waals surface area (Å²) in [4.78, 5) is 12.4. The van der Waals surface area contributed by atoms with Crippen LogP contribution in [-0.2, 0) is 10.0 Å². The molecule has 0 spiro atoms. The summed E-state index contributed by atoms with van der Waals surface area (Å²) in [6.07, 6.45) is 1.55. The van der Waals surface area contributed by atoms with Crippen LogP contribution in [-0.4, -0.2) is 37.8 Å². The van der Waals surface area contributed by atoms with Crippen LogP contribution in [0.15, 0.2) is 65.6 Å². The zero-order valence-corrected chi connectivity index (χ0v) is 14.1. The third kappa shape index (κ3) is 3.49. The van der Waals surface area contributed by atoms with Crippen LogP contribution >= 0.6 is 0 Å². The summed E-state index contributed by atoms with van der Waals surface area (Å²) >= 11 is 0. The van der Waals surface area contributed by atoms with Gasteiger partial charge in [0.15, 0.2) is 0 Å². The second kappa shape index (κ2) is 7.15. The topological polar surface area (TPSA) is 66.5 Å². The van der Waals surface area contributed by atoms with Gasteiger partial charge in [0.05, 0.1) is 4.90 Å². The number of amides is 1. The first kappa shape index (κ1) is 16.7. The molecule has 0 aliphatic carbocycles. The van der Waals surface area contributed by atoms with E-state index in [-0.39, 0.29) is 11.9 Å². The second-order valence-electron chi connectivity index (χ2n) is 5.80. The van der Waals surface area contributed by atoms with E-state index in [1.165, 1.54) is 4.31 Å². The van der Waals surface area contributed by atoms with E-state index in [2.05, 4.69) is 5.32 Å². The zero-order chi connectivity index (χ0) is 17.0. The van der Waals surface area contributed by atoms with Gasteiger partial charge in [-0.15, -0.1) is 0 Å². The van der Waals surface area contributed by atoms with Gasteiger partial charge in [0, 0.05) is 24.7 Å². The Morgan fingerprint density at radius 1 is 1.04 bits per heavy atom. The summed E-state index contributed by atoms with van der Waals surface area (Å²) < 4.78 is 27.1. The predicted molar refractivity (Wildman–Crippen MR) is 92.1 cm³/mol. The van der Waals surface area contributed by atoms with Gasteiger partial charge in [-0.25, -0.2) is 8.42 Å². The molecule has 126 valence electrons. The Hall–Kier alpha value is -2.18. The standard InChI is InChI=1S/C18H20N2O3S/c21-18(15-8-3-1-4-9-15)19-14-16-10-7-13-20(16)24(22,23)17-11-5-2-6-12-17/h1-6,8-9,11-12,16H,7,10,13-14H2,(H,19,21)/t16-/m0/s1. The van der Waals surface area contributed by atoms with Crippen molar-refractivity contribution in [3.8, 4) is 0 Å². The number of hydrogen-bond donors (Lipinski definition) is 1. The molecular formula is C18H20N2O3S. The van der Waals surface area contributed by atoms with Crippen LogP contribution in [0.25, 0.3) is 0 Å². The molecule has 24 heavy (non-hydrogen) atoms. The van der Waals surface area contributed by atoms with Crippen LogP contribution in [0, 0.1) is 0 Å². The summed E-state index contributed by atoms with van der Waals surface area (Å²) in [5.41, 5.74) is 0.577. The molecule has 1 atom stereocenters. The zero-order valence-electron chi connectivity index (χ0n) is 13.3. The number of rotatable bonds is 5. The van der Waals surface area contributed by atoms with Gasteiger partial charge in [-0.05, 0) is 37.1 Å². The van der Waals surface area contributed by atoms with Gasteiger partial charge in [-0.1, -0.05) is 36.4 Å². The molecule has 5 nitrogen and oxygen atoms in total. The number of sulfonamides is 1. The molecule has 0 unspecified atom stereocenters. The number of carbonyl (C=O) groups is 1. The van der Waals surface area contributed by atoms with Crippen LogP contribution in [0.4, 0.5) is 0 Å². The molecule has 3 rings (SSSR count). The molecule has 0 radical (unpaired) electrons. The molecule has 1 heterocycles. The number of nitrogens with one attached hydrogen (secondary N) is 1. The van der Waals surface area contributed by atoms with Gasteiger partial charge >= 0.3 is 0 Å². The molecular weight excluding hydrogens is 324 g/mol. The lowest BCUT2D eigenvalue weighted by Crippen LogP contribution is -2.43. The largest absolute Gasteiger partial charge is 0.350 e. The highest BCUT2D eigenvalue weighted by Crippen LogP contribution is 2.25. The van der Waals surface area contributed by atoms with Crippen LogP contribution in [0.2, 0.25) is 0 Å². The first-order valence-electron chi connectivity index (χ1n) is 7.99. The summed E-state index contributed by atoms with van der Waals surface area (Å²) in [5.74, 6) is -0.181. The van der Waals surface area contributed by atoms with Gasteiger partial charge < -0.3 is 5.32 Å². The maximum absolute atomic E-state index is 12.8. The Morgan fingerprint density at radius 3 is 2.33 bits per heavy atom. The van der Waals surface area contributed by atoms with Crippen LogP contribution in [0.3, 0.4) is 0 Å². The molecule has 1 amide bonds. The normalized spacial score (nSPS) is 18.4. The minimum atomic E-state index is -3.52. The van der Waals surface area contributed by atoms with E-state index in [0.29, 0.717) is 23.5 Å². The maximum Gasteiger partial charge on any atom is 0.251 e. The highest BCUT2D eigenvalue weighted by atomic mass is 32.2. The van der Waals surface area contributed by atoms with Gasteiger partial charge in [-0.3, -0.25) is 4.79 Å². The van der Waals surface area contributed by atoms with Crippen molar-refractivity contribution in [1.29, 1.82) is 0 Å². The van der Waals surface area contributed by atoms with Crippen molar-refractivity contribution in [2.45, 2.75) is 23.8 Å². The Bertz CT molecular complexity index is 792. The Balaban J connectivity index is 1.69. The highest BCUT2D eigenvalue weighted by Gasteiger charge is 2.35. The van der Waals surface area contributed by atoms with Crippen molar-refractivity contribution in [3.63, 3.8) is 0 Å². The lowest BCUT2D eigenvalue weighted by atomic mass is 10.2. The summed E-state index contributed by atoms with van der Waals surface area (Å²) in [6.45, 7) is 0.808. The molecule has 0 aromatic heterocycles. The molecule has 1 N–H and O–H groups in total. The Labute approximate surface area is 142 Å². The molecule has 1 aliphatic heterocycles. The minimum Gasteiger partial charge on any atom is -0.350 e. The van der Waals surface area contributed by atoms with E-state index in [1.54, 1.807) is 54.6 Å². The fourth-order valence-electron chi connectivity index (χ4n) is 2.96. The molecule has 1 fully saturated rings. The third-order valence-electron chi connectivity index (χ3n) is 4.21. The molecule has 0 saturated carbocycles. The monoisotopic (exact) mass is 344 g/mol. The van der Waals surface area contributed by atoms with Crippen molar-refractivity contribution >= 4 is 15.9 Å². The molecule has 6 heteroatoms. The van der Waals surface area contributed by atoms with Gasteiger partial charge in [-0.2, -0.15) is 4.31 Å². The summed E-state index contributed by atoms with van der Waals surface area (Å²) in [5, 5.41) is 2.85. The van der Waals surface area contributed by atoms with E-state index in [0.717, 1.165) is 12.8 Å². The molecule has 1 aliphatic rings. The highest BCUT2D eigenvalue weighted by molar-refractivity contribution is 7.89. The number of hydrogen-bond acceptors (Lipinski definition) is 3.